The highest BCUT2D eigenvalue weighted by atomic mass is 16.1. The minimum Gasteiger partial charge on any atom is -0.322 e. The van der Waals surface area contributed by atoms with Crippen molar-refractivity contribution < 1.29 is 0 Å². The van der Waals surface area contributed by atoms with Gasteiger partial charge in [0, 0.05) is 17.1 Å². The Labute approximate surface area is 119 Å². The maximum absolute atomic E-state index is 11.7. The Hall–Kier alpha value is -1.61. The summed E-state index contributed by atoms with van der Waals surface area (Å²) in [4.78, 5) is 17.3. The number of H-pyrrole nitrogens is 1. The average molecular weight is 270 g/mol. The van der Waals surface area contributed by atoms with E-state index in [1.807, 2.05) is 13.0 Å². The van der Waals surface area contributed by atoms with Gasteiger partial charge in [0.15, 0.2) is 0 Å². The molecule has 1 aromatic carbocycles. The molecule has 1 aliphatic heterocycles. The quantitative estimate of drug-likeness (QED) is 0.908. The van der Waals surface area contributed by atoms with Gasteiger partial charge in [0.25, 0.3) is 5.56 Å². The summed E-state index contributed by atoms with van der Waals surface area (Å²) in [7, 11) is 0. The first-order valence-corrected chi connectivity index (χ1v) is 7.53. The van der Waals surface area contributed by atoms with Gasteiger partial charge in [0.05, 0.1) is 0 Å². The second-order valence-corrected chi connectivity index (χ2v) is 5.90. The topological polar surface area (TPSA) is 36.1 Å². The van der Waals surface area contributed by atoms with E-state index < -0.39 is 0 Å². The Morgan fingerprint density at radius 3 is 2.65 bits per heavy atom. The van der Waals surface area contributed by atoms with Gasteiger partial charge in [-0.2, -0.15) is 0 Å². The van der Waals surface area contributed by atoms with Crippen molar-refractivity contribution in [3.8, 4) is 0 Å². The molecule has 0 amide bonds. The lowest BCUT2D eigenvalue weighted by atomic mass is 10.0. The van der Waals surface area contributed by atoms with Gasteiger partial charge < -0.3 is 4.98 Å². The summed E-state index contributed by atoms with van der Waals surface area (Å²) in [5, 5.41) is 1.11. The molecular formula is C17H22N2O. The normalized spacial score (nSPS) is 18.3. The molecule has 0 aliphatic carbocycles. The summed E-state index contributed by atoms with van der Waals surface area (Å²) in [6.07, 6.45) is 3.95. The van der Waals surface area contributed by atoms with Gasteiger partial charge in [0.2, 0.25) is 0 Å². The third kappa shape index (κ3) is 2.50. The third-order valence-corrected chi connectivity index (χ3v) is 4.48. The Bertz CT molecular complexity index is 668. The van der Waals surface area contributed by atoms with Gasteiger partial charge in [-0.15, -0.1) is 0 Å². The van der Waals surface area contributed by atoms with Crippen molar-refractivity contribution in [2.45, 2.75) is 39.2 Å². The van der Waals surface area contributed by atoms with Crippen LogP contribution in [0.3, 0.4) is 0 Å². The lowest BCUT2D eigenvalue weighted by Crippen LogP contribution is -2.32. The number of benzene rings is 1. The minimum atomic E-state index is 0.0141. The fraction of sp³-hybridized carbons (Fsp3) is 0.471. The predicted molar refractivity (Wildman–Crippen MR) is 83.1 cm³/mol. The van der Waals surface area contributed by atoms with Crippen LogP contribution in [0, 0.1) is 6.92 Å². The number of likely N-dealkylation sites (tertiary alicyclic amines) is 1. The molecule has 1 N–H and O–H groups in total. The number of pyridine rings is 1. The number of aromatic nitrogens is 1. The molecule has 20 heavy (non-hydrogen) atoms. The van der Waals surface area contributed by atoms with Crippen molar-refractivity contribution in [3.05, 3.63) is 45.7 Å². The van der Waals surface area contributed by atoms with Crippen LogP contribution >= 0.6 is 0 Å². The van der Waals surface area contributed by atoms with E-state index in [0.717, 1.165) is 16.5 Å². The lowest BCUT2D eigenvalue weighted by Gasteiger charge is -2.32. The number of fused-ring (bicyclic) bond motifs is 1. The molecule has 3 heteroatoms. The second-order valence-electron chi connectivity index (χ2n) is 5.90. The lowest BCUT2D eigenvalue weighted by molar-refractivity contribution is 0.175. The monoisotopic (exact) mass is 270 g/mol. The molecule has 0 spiro atoms. The molecule has 2 heterocycles. The van der Waals surface area contributed by atoms with Gasteiger partial charge in [-0.25, -0.2) is 0 Å². The van der Waals surface area contributed by atoms with Crippen LogP contribution in [-0.2, 0) is 0 Å². The predicted octanol–water partition coefficient (Wildman–Crippen LogP) is 3.38. The van der Waals surface area contributed by atoms with E-state index >= 15 is 0 Å². The summed E-state index contributed by atoms with van der Waals surface area (Å²) in [5.41, 5.74) is 3.02. The van der Waals surface area contributed by atoms with Crippen LogP contribution in [0.4, 0.5) is 0 Å². The number of nitrogens with zero attached hydrogens (tertiary/aromatic N) is 1. The molecule has 2 aromatic rings. The van der Waals surface area contributed by atoms with Crippen molar-refractivity contribution in [1.82, 2.24) is 9.88 Å². The number of hydrogen-bond acceptors (Lipinski definition) is 2. The molecule has 106 valence electrons. The average Bonchev–Trinajstić information content (AvgIpc) is 2.48. The molecule has 1 saturated heterocycles. The summed E-state index contributed by atoms with van der Waals surface area (Å²) in [6.45, 7) is 6.48. The smallest absolute Gasteiger partial charge is 0.251 e. The van der Waals surface area contributed by atoms with Gasteiger partial charge >= 0.3 is 0 Å². The maximum Gasteiger partial charge on any atom is 0.251 e. The van der Waals surface area contributed by atoms with E-state index in [9.17, 15) is 4.79 Å². The summed E-state index contributed by atoms with van der Waals surface area (Å²) in [6, 6.07) is 8.83. The highest BCUT2D eigenvalue weighted by Crippen LogP contribution is 2.26. The Morgan fingerprint density at radius 1 is 1.15 bits per heavy atom. The summed E-state index contributed by atoms with van der Waals surface area (Å²) in [5.74, 6) is 0. The fourth-order valence-corrected chi connectivity index (χ4v) is 3.10. The first-order chi connectivity index (χ1) is 9.65. The third-order valence-electron chi connectivity index (χ3n) is 4.48. The van der Waals surface area contributed by atoms with Crippen molar-refractivity contribution in [2.24, 2.45) is 0 Å². The highest BCUT2D eigenvalue weighted by Gasteiger charge is 2.18. The largest absolute Gasteiger partial charge is 0.322 e. The second kappa shape index (κ2) is 5.41. The molecule has 0 bridgehead atoms. The fourth-order valence-electron chi connectivity index (χ4n) is 3.10. The van der Waals surface area contributed by atoms with Crippen LogP contribution in [0.2, 0.25) is 0 Å². The van der Waals surface area contributed by atoms with Crippen LogP contribution < -0.4 is 5.56 Å². The van der Waals surface area contributed by atoms with E-state index in [1.165, 1.54) is 37.9 Å². The molecule has 1 aromatic heterocycles. The van der Waals surface area contributed by atoms with E-state index in [0.29, 0.717) is 6.04 Å². The van der Waals surface area contributed by atoms with E-state index in [2.05, 4.69) is 35.0 Å². The van der Waals surface area contributed by atoms with E-state index in [-0.39, 0.29) is 5.56 Å². The molecule has 1 unspecified atom stereocenters. The van der Waals surface area contributed by atoms with Crippen LogP contribution in [0.1, 0.15) is 43.4 Å². The van der Waals surface area contributed by atoms with Crippen molar-refractivity contribution in [2.75, 3.05) is 13.1 Å². The number of piperidine rings is 1. The Balaban J connectivity index is 1.95. The minimum absolute atomic E-state index is 0.0141. The first-order valence-electron chi connectivity index (χ1n) is 7.53. The molecule has 0 radical (unpaired) electrons. The molecule has 3 rings (SSSR count). The number of hydrogen-bond donors (Lipinski definition) is 1. The zero-order valence-corrected chi connectivity index (χ0v) is 12.3. The van der Waals surface area contributed by atoms with Crippen LogP contribution in [0.15, 0.2) is 29.1 Å². The van der Waals surface area contributed by atoms with Crippen LogP contribution in [0.25, 0.3) is 10.9 Å². The SMILES string of the molecule is Cc1cc2ccc(C(C)N3CCCCC3)cc2[nH]c1=O. The molecule has 1 fully saturated rings. The Morgan fingerprint density at radius 2 is 1.90 bits per heavy atom. The Kier molecular flexibility index (Phi) is 3.62. The molecular weight excluding hydrogens is 248 g/mol. The van der Waals surface area contributed by atoms with Gasteiger partial charge in [-0.1, -0.05) is 18.6 Å². The number of nitrogens with one attached hydrogen (secondary N) is 1. The van der Waals surface area contributed by atoms with Crippen molar-refractivity contribution in [3.63, 3.8) is 0 Å². The zero-order chi connectivity index (χ0) is 14.1. The molecule has 0 saturated carbocycles. The van der Waals surface area contributed by atoms with E-state index in [4.69, 9.17) is 0 Å². The van der Waals surface area contributed by atoms with E-state index in [1.54, 1.807) is 0 Å². The zero-order valence-electron chi connectivity index (χ0n) is 12.3. The molecule has 3 nitrogen and oxygen atoms in total. The van der Waals surface area contributed by atoms with Crippen molar-refractivity contribution >= 4 is 10.9 Å². The maximum atomic E-state index is 11.7. The number of aromatic amines is 1. The van der Waals surface area contributed by atoms with Gasteiger partial charge in [-0.3, -0.25) is 9.69 Å². The van der Waals surface area contributed by atoms with Gasteiger partial charge in [-0.05, 0) is 62.9 Å². The summed E-state index contributed by atoms with van der Waals surface area (Å²) < 4.78 is 0. The summed E-state index contributed by atoms with van der Waals surface area (Å²) >= 11 is 0. The van der Waals surface area contributed by atoms with Crippen molar-refractivity contribution in [1.29, 1.82) is 0 Å². The standard InChI is InChI=1S/C17H22N2O/c1-12-10-15-7-6-14(11-16(15)18-17(12)20)13(2)19-8-4-3-5-9-19/h6-7,10-11,13H,3-5,8-9H2,1-2H3,(H,18,20). The van der Waals surface area contributed by atoms with Crippen LogP contribution in [-0.4, -0.2) is 23.0 Å². The van der Waals surface area contributed by atoms with Gasteiger partial charge in [0.1, 0.15) is 0 Å². The molecule has 1 aliphatic rings. The highest BCUT2D eigenvalue weighted by molar-refractivity contribution is 5.79. The first kappa shape index (κ1) is 13.4. The van der Waals surface area contributed by atoms with Crippen LogP contribution in [0.5, 0.6) is 0 Å². The number of aryl methyl sites for hydroxylation is 1. The molecule has 1 atom stereocenters. The number of rotatable bonds is 2.